The van der Waals surface area contributed by atoms with Gasteiger partial charge >= 0.3 is 0 Å². The van der Waals surface area contributed by atoms with E-state index in [1.165, 1.54) is 6.20 Å². The van der Waals surface area contributed by atoms with Crippen molar-refractivity contribution in [2.45, 2.75) is 26.7 Å². The van der Waals surface area contributed by atoms with Crippen LogP contribution in [0.1, 0.15) is 41.3 Å². The number of aromatic nitrogens is 1. The Bertz CT molecular complexity index is 638. The summed E-state index contributed by atoms with van der Waals surface area (Å²) in [6, 6.07) is 5.49. The van der Waals surface area contributed by atoms with E-state index in [0.717, 1.165) is 28.2 Å². The highest BCUT2D eigenvalue weighted by Gasteiger charge is 2.11. The Morgan fingerprint density at radius 1 is 1.25 bits per heavy atom. The van der Waals surface area contributed by atoms with Crippen LogP contribution >= 0.6 is 11.6 Å². The van der Waals surface area contributed by atoms with Gasteiger partial charge in [0.2, 0.25) is 0 Å². The van der Waals surface area contributed by atoms with Gasteiger partial charge < -0.3 is 4.74 Å². The molecule has 1 aromatic carbocycles. The Morgan fingerprint density at radius 2 is 2.00 bits per heavy atom. The Hall–Kier alpha value is -1.87. The zero-order valence-corrected chi connectivity index (χ0v) is 12.4. The smallest absolute Gasteiger partial charge is 0.151 e. The first kappa shape index (κ1) is 14.5. The highest BCUT2D eigenvalue weighted by atomic mass is 35.5. The number of hydrogen-bond donors (Lipinski definition) is 0. The summed E-state index contributed by atoms with van der Waals surface area (Å²) in [5.41, 5.74) is 2.46. The number of benzene rings is 1. The fourth-order valence-corrected chi connectivity index (χ4v) is 2.34. The van der Waals surface area contributed by atoms with E-state index in [0.29, 0.717) is 17.2 Å². The third-order valence-corrected chi connectivity index (χ3v) is 3.34. The molecule has 0 atom stereocenters. The summed E-state index contributed by atoms with van der Waals surface area (Å²) in [5.74, 6) is 1.57. The lowest BCUT2D eigenvalue weighted by Gasteiger charge is -2.14. The van der Waals surface area contributed by atoms with E-state index in [4.69, 9.17) is 16.3 Å². The third kappa shape index (κ3) is 3.17. The van der Waals surface area contributed by atoms with E-state index >= 15 is 0 Å². The fourth-order valence-electron chi connectivity index (χ4n) is 1.90. The monoisotopic (exact) mass is 289 g/mol. The molecule has 0 bridgehead atoms. The molecule has 20 heavy (non-hydrogen) atoms. The minimum absolute atomic E-state index is 0.310. The molecule has 3 nitrogen and oxygen atoms in total. The highest BCUT2D eigenvalue weighted by Crippen LogP contribution is 2.33. The van der Waals surface area contributed by atoms with E-state index in [-0.39, 0.29) is 0 Å². The Kier molecular flexibility index (Phi) is 4.40. The molecule has 0 radical (unpaired) electrons. The van der Waals surface area contributed by atoms with Crippen LogP contribution in [0.4, 0.5) is 0 Å². The van der Waals surface area contributed by atoms with Crippen LogP contribution in [0.3, 0.4) is 0 Å². The van der Waals surface area contributed by atoms with Gasteiger partial charge in [-0.25, -0.2) is 0 Å². The van der Waals surface area contributed by atoms with Crippen LogP contribution in [0.25, 0.3) is 0 Å². The van der Waals surface area contributed by atoms with Crippen molar-refractivity contribution in [2.75, 3.05) is 0 Å². The molecule has 2 rings (SSSR count). The average molecular weight is 290 g/mol. The molecule has 2 aromatic rings. The summed E-state index contributed by atoms with van der Waals surface area (Å²) >= 11 is 6.23. The first-order chi connectivity index (χ1) is 9.51. The number of carbonyl (C=O) groups is 1. The van der Waals surface area contributed by atoms with Crippen LogP contribution < -0.4 is 4.74 Å². The predicted molar refractivity (Wildman–Crippen MR) is 80.0 cm³/mol. The van der Waals surface area contributed by atoms with Crippen molar-refractivity contribution < 1.29 is 9.53 Å². The van der Waals surface area contributed by atoms with Gasteiger partial charge in [0.1, 0.15) is 11.5 Å². The molecular formula is C16H16ClNO2. The lowest BCUT2D eigenvalue weighted by atomic mass is 10.0. The van der Waals surface area contributed by atoms with E-state index < -0.39 is 0 Å². The molecule has 0 amide bonds. The van der Waals surface area contributed by atoms with Gasteiger partial charge in [-0.2, -0.15) is 0 Å². The molecule has 0 aliphatic rings. The fraction of sp³-hybridized carbons (Fsp3) is 0.250. The van der Waals surface area contributed by atoms with Crippen LogP contribution in [0, 0.1) is 6.92 Å². The number of halogens is 1. The lowest BCUT2D eigenvalue weighted by Crippen LogP contribution is -1.95. The predicted octanol–water partition coefficient (Wildman–Crippen LogP) is 4.77. The molecule has 0 aliphatic carbocycles. The van der Waals surface area contributed by atoms with Gasteiger partial charge in [0.25, 0.3) is 0 Å². The Balaban J connectivity index is 2.37. The molecule has 1 heterocycles. The van der Waals surface area contributed by atoms with Gasteiger partial charge in [0.05, 0.1) is 6.20 Å². The summed E-state index contributed by atoms with van der Waals surface area (Å²) < 4.78 is 5.82. The maximum Gasteiger partial charge on any atom is 0.151 e. The molecular weight excluding hydrogens is 274 g/mol. The molecule has 0 saturated heterocycles. The van der Waals surface area contributed by atoms with Crippen molar-refractivity contribution in [2.24, 2.45) is 0 Å². The molecule has 1 aromatic heterocycles. The van der Waals surface area contributed by atoms with Gasteiger partial charge in [-0.3, -0.25) is 9.78 Å². The number of aldehydes is 1. The quantitative estimate of drug-likeness (QED) is 0.761. The van der Waals surface area contributed by atoms with Crippen LogP contribution in [-0.4, -0.2) is 11.3 Å². The maximum atomic E-state index is 10.8. The SMILES string of the molecule is Cc1cc(Cl)c(C(C)C)cc1Oc1cncc(C=O)c1. The van der Waals surface area contributed by atoms with Gasteiger partial charge in [-0.05, 0) is 42.2 Å². The maximum absolute atomic E-state index is 10.8. The first-order valence-electron chi connectivity index (χ1n) is 6.39. The Labute approximate surface area is 123 Å². The second kappa shape index (κ2) is 6.06. The van der Waals surface area contributed by atoms with Crippen molar-refractivity contribution >= 4 is 17.9 Å². The molecule has 0 fully saturated rings. The molecule has 4 heteroatoms. The summed E-state index contributed by atoms with van der Waals surface area (Å²) in [7, 11) is 0. The molecule has 0 saturated carbocycles. The molecule has 0 aliphatic heterocycles. The van der Waals surface area contributed by atoms with Crippen molar-refractivity contribution in [3.8, 4) is 11.5 Å². The van der Waals surface area contributed by atoms with E-state index in [1.54, 1.807) is 12.3 Å². The number of nitrogens with zero attached hydrogens (tertiary/aromatic N) is 1. The number of ether oxygens (including phenoxy) is 1. The summed E-state index contributed by atoms with van der Waals surface area (Å²) in [6.45, 7) is 6.09. The third-order valence-electron chi connectivity index (χ3n) is 3.01. The standard InChI is InChI=1S/C16H16ClNO2/c1-10(2)14-6-16(11(3)4-15(14)17)20-13-5-12(9-19)7-18-8-13/h4-10H,1-3H3. The van der Waals surface area contributed by atoms with Gasteiger partial charge in [0, 0.05) is 16.8 Å². The normalized spacial score (nSPS) is 10.7. The second-order valence-corrected chi connectivity index (χ2v) is 5.38. The number of rotatable bonds is 4. The van der Waals surface area contributed by atoms with Crippen molar-refractivity contribution in [1.29, 1.82) is 0 Å². The van der Waals surface area contributed by atoms with Crippen molar-refractivity contribution in [1.82, 2.24) is 4.98 Å². The zero-order chi connectivity index (χ0) is 14.7. The topological polar surface area (TPSA) is 39.2 Å². The number of carbonyl (C=O) groups excluding carboxylic acids is 1. The Morgan fingerprint density at radius 3 is 2.65 bits per heavy atom. The van der Waals surface area contributed by atoms with Gasteiger partial charge in [-0.1, -0.05) is 25.4 Å². The zero-order valence-electron chi connectivity index (χ0n) is 11.7. The second-order valence-electron chi connectivity index (χ2n) is 4.97. The number of aryl methyl sites for hydroxylation is 1. The first-order valence-corrected chi connectivity index (χ1v) is 6.77. The van der Waals surface area contributed by atoms with Crippen LogP contribution in [0.2, 0.25) is 5.02 Å². The summed E-state index contributed by atoms with van der Waals surface area (Å²) in [5, 5.41) is 0.740. The van der Waals surface area contributed by atoms with Crippen LogP contribution in [0.5, 0.6) is 11.5 Å². The van der Waals surface area contributed by atoms with Crippen LogP contribution in [-0.2, 0) is 0 Å². The molecule has 0 N–H and O–H groups in total. The van der Waals surface area contributed by atoms with Gasteiger partial charge in [-0.15, -0.1) is 0 Å². The molecule has 0 unspecified atom stereocenters. The molecule has 104 valence electrons. The minimum Gasteiger partial charge on any atom is -0.455 e. The lowest BCUT2D eigenvalue weighted by molar-refractivity contribution is 0.112. The van der Waals surface area contributed by atoms with E-state index in [2.05, 4.69) is 18.8 Å². The summed E-state index contributed by atoms with van der Waals surface area (Å²) in [4.78, 5) is 14.7. The number of pyridine rings is 1. The van der Waals surface area contributed by atoms with Crippen molar-refractivity contribution in [3.63, 3.8) is 0 Å². The number of hydrogen-bond acceptors (Lipinski definition) is 3. The largest absolute Gasteiger partial charge is 0.455 e. The highest BCUT2D eigenvalue weighted by molar-refractivity contribution is 6.31. The van der Waals surface area contributed by atoms with Crippen molar-refractivity contribution in [3.05, 3.63) is 52.3 Å². The minimum atomic E-state index is 0.310. The average Bonchev–Trinajstić information content (AvgIpc) is 2.41. The summed E-state index contributed by atoms with van der Waals surface area (Å²) in [6.07, 6.45) is 3.82. The van der Waals surface area contributed by atoms with Crippen LogP contribution in [0.15, 0.2) is 30.6 Å². The van der Waals surface area contributed by atoms with Gasteiger partial charge in [0.15, 0.2) is 6.29 Å². The van der Waals surface area contributed by atoms with E-state index in [1.807, 2.05) is 19.1 Å². The molecule has 0 spiro atoms. The van der Waals surface area contributed by atoms with E-state index in [9.17, 15) is 4.79 Å².